The van der Waals surface area contributed by atoms with Gasteiger partial charge in [-0.1, -0.05) is 29.8 Å². The fraction of sp³-hybridized carbons (Fsp3) is 0.333. The van der Waals surface area contributed by atoms with Crippen LogP contribution in [0.3, 0.4) is 0 Å². The van der Waals surface area contributed by atoms with E-state index in [1.807, 2.05) is 0 Å². The van der Waals surface area contributed by atoms with Gasteiger partial charge in [0.05, 0.1) is 13.4 Å². The van der Waals surface area contributed by atoms with Gasteiger partial charge < -0.3 is 4.74 Å². The predicted molar refractivity (Wildman–Crippen MR) is 55.6 cm³/mol. The molecule has 70 valence electrons. The minimum absolute atomic E-state index is 0.966. The average Bonchev–Trinajstić information content (AvgIpc) is 2.09. The van der Waals surface area contributed by atoms with Gasteiger partial charge in [-0.2, -0.15) is 0 Å². The molecule has 1 aromatic carbocycles. The zero-order valence-electron chi connectivity index (χ0n) is 8.50. The maximum Gasteiger partial charge on any atom is 0.0817 e. The highest BCUT2D eigenvalue weighted by molar-refractivity contribution is 5.24. The van der Waals surface area contributed by atoms with Crippen molar-refractivity contribution in [1.82, 2.24) is 0 Å². The van der Waals surface area contributed by atoms with Crippen molar-refractivity contribution in [2.24, 2.45) is 0 Å². The Morgan fingerprint density at radius 2 is 1.92 bits per heavy atom. The van der Waals surface area contributed by atoms with Crippen LogP contribution in [0.1, 0.15) is 18.1 Å². The van der Waals surface area contributed by atoms with Crippen LogP contribution in [0, 0.1) is 6.92 Å². The largest absolute Gasteiger partial charge is 0.504 e. The molecule has 0 aliphatic heterocycles. The van der Waals surface area contributed by atoms with Crippen molar-refractivity contribution in [3.05, 3.63) is 47.2 Å². The molecular formula is C12H16O. The van der Waals surface area contributed by atoms with E-state index < -0.39 is 0 Å². The molecule has 0 saturated carbocycles. The van der Waals surface area contributed by atoms with Gasteiger partial charge in [0.2, 0.25) is 0 Å². The Balaban J connectivity index is 2.64. The van der Waals surface area contributed by atoms with Crippen LogP contribution in [-0.2, 0) is 11.2 Å². The molecule has 0 bridgehead atoms. The normalized spacial score (nSPS) is 11.5. The zero-order valence-corrected chi connectivity index (χ0v) is 8.50. The summed E-state index contributed by atoms with van der Waals surface area (Å²) in [7, 11) is 1.68. The fourth-order valence-electron chi connectivity index (χ4n) is 1.27. The lowest BCUT2D eigenvalue weighted by atomic mass is 10.1. The smallest absolute Gasteiger partial charge is 0.0817 e. The Morgan fingerprint density at radius 3 is 2.46 bits per heavy atom. The summed E-state index contributed by atoms with van der Waals surface area (Å²) in [6.45, 7) is 4.17. The van der Waals surface area contributed by atoms with E-state index in [1.54, 1.807) is 13.4 Å². The lowest BCUT2D eigenvalue weighted by Crippen LogP contribution is -1.87. The maximum atomic E-state index is 4.94. The zero-order chi connectivity index (χ0) is 9.68. The van der Waals surface area contributed by atoms with E-state index in [0.29, 0.717) is 0 Å². The van der Waals surface area contributed by atoms with Crippen molar-refractivity contribution in [2.45, 2.75) is 20.3 Å². The fourth-order valence-corrected chi connectivity index (χ4v) is 1.27. The molecule has 0 aromatic heterocycles. The third-order valence-corrected chi connectivity index (χ3v) is 1.92. The molecule has 13 heavy (non-hydrogen) atoms. The molecule has 1 nitrogen and oxygen atoms in total. The third kappa shape index (κ3) is 3.32. The standard InChI is InChI=1S/C12H16O/c1-10-4-6-12(7-5-10)8-11(2)9-13-3/h4-7,9H,8H2,1-3H3. The first kappa shape index (κ1) is 9.85. The van der Waals surface area contributed by atoms with Crippen LogP contribution >= 0.6 is 0 Å². The van der Waals surface area contributed by atoms with Gasteiger partial charge in [-0.3, -0.25) is 0 Å². The van der Waals surface area contributed by atoms with E-state index in [9.17, 15) is 0 Å². The summed E-state index contributed by atoms with van der Waals surface area (Å²) in [4.78, 5) is 0. The summed E-state index contributed by atoms with van der Waals surface area (Å²) >= 11 is 0. The van der Waals surface area contributed by atoms with Crippen LogP contribution in [0.4, 0.5) is 0 Å². The summed E-state index contributed by atoms with van der Waals surface area (Å²) in [6, 6.07) is 8.58. The van der Waals surface area contributed by atoms with Gasteiger partial charge in [0.1, 0.15) is 0 Å². The lowest BCUT2D eigenvalue weighted by Gasteiger charge is -2.01. The van der Waals surface area contributed by atoms with Gasteiger partial charge in [0.15, 0.2) is 0 Å². The van der Waals surface area contributed by atoms with Crippen molar-refractivity contribution in [3.63, 3.8) is 0 Å². The van der Waals surface area contributed by atoms with Gasteiger partial charge in [-0.25, -0.2) is 0 Å². The number of benzene rings is 1. The number of hydrogen-bond acceptors (Lipinski definition) is 1. The van der Waals surface area contributed by atoms with Crippen molar-refractivity contribution in [1.29, 1.82) is 0 Å². The summed E-state index contributed by atoms with van der Waals surface area (Å²) < 4.78 is 4.94. The SMILES string of the molecule is COC=C(C)Cc1ccc(C)cc1. The first-order chi connectivity index (χ1) is 6.22. The molecule has 1 aromatic rings. The second-order valence-corrected chi connectivity index (χ2v) is 3.36. The first-order valence-corrected chi connectivity index (χ1v) is 4.46. The number of ether oxygens (including phenoxy) is 1. The van der Waals surface area contributed by atoms with Crippen LogP contribution in [0.25, 0.3) is 0 Å². The number of hydrogen-bond donors (Lipinski definition) is 0. The number of rotatable bonds is 3. The van der Waals surface area contributed by atoms with Gasteiger partial charge in [-0.05, 0) is 31.4 Å². The quantitative estimate of drug-likeness (QED) is 0.643. The minimum atomic E-state index is 0.966. The number of methoxy groups -OCH3 is 1. The van der Waals surface area contributed by atoms with Crippen LogP contribution in [0.5, 0.6) is 0 Å². The van der Waals surface area contributed by atoms with E-state index in [0.717, 1.165) is 6.42 Å². The molecule has 0 amide bonds. The molecule has 0 heterocycles. The van der Waals surface area contributed by atoms with E-state index in [1.165, 1.54) is 16.7 Å². The maximum absolute atomic E-state index is 4.94. The molecular weight excluding hydrogens is 160 g/mol. The second kappa shape index (κ2) is 4.70. The molecule has 0 N–H and O–H groups in total. The van der Waals surface area contributed by atoms with E-state index in [-0.39, 0.29) is 0 Å². The molecule has 0 spiro atoms. The first-order valence-electron chi connectivity index (χ1n) is 4.46. The van der Waals surface area contributed by atoms with E-state index in [2.05, 4.69) is 38.1 Å². The summed E-state index contributed by atoms with van der Waals surface area (Å²) in [5.41, 5.74) is 3.87. The van der Waals surface area contributed by atoms with E-state index >= 15 is 0 Å². The van der Waals surface area contributed by atoms with Gasteiger partial charge in [-0.15, -0.1) is 0 Å². The Labute approximate surface area is 80.0 Å². The molecule has 0 atom stereocenters. The average molecular weight is 176 g/mol. The van der Waals surface area contributed by atoms with Crippen molar-refractivity contribution < 1.29 is 4.74 Å². The van der Waals surface area contributed by atoms with Crippen molar-refractivity contribution >= 4 is 0 Å². The molecule has 0 unspecified atom stereocenters. The molecule has 0 aliphatic rings. The monoisotopic (exact) mass is 176 g/mol. The van der Waals surface area contributed by atoms with E-state index in [4.69, 9.17) is 4.74 Å². The van der Waals surface area contributed by atoms with Crippen LogP contribution in [0.15, 0.2) is 36.1 Å². The molecule has 0 aliphatic carbocycles. The number of allylic oxidation sites excluding steroid dienone is 1. The molecule has 0 fully saturated rings. The Hall–Kier alpha value is -1.24. The summed E-state index contributed by atoms with van der Waals surface area (Å²) in [6.07, 6.45) is 2.76. The Kier molecular flexibility index (Phi) is 3.56. The lowest BCUT2D eigenvalue weighted by molar-refractivity contribution is 0.333. The van der Waals surface area contributed by atoms with Crippen LogP contribution in [0.2, 0.25) is 0 Å². The van der Waals surface area contributed by atoms with Gasteiger partial charge >= 0.3 is 0 Å². The topological polar surface area (TPSA) is 9.23 Å². The predicted octanol–water partition coefficient (Wildman–Crippen LogP) is 3.09. The highest BCUT2D eigenvalue weighted by Gasteiger charge is 1.94. The Bertz CT molecular complexity index is 282. The summed E-state index contributed by atoms with van der Waals surface area (Å²) in [5.74, 6) is 0. The molecule has 0 saturated heterocycles. The van der Waals surface area contributed by atoms with Crippen LogP contribution < -0.4 is 0 Å². The van der Waals surface area contributed by atoms with Crippen molar-refractivity contribution in [3.8, 4) is 0 Å². The van der Waals surface area contributed by atoms with Crippen LogP contribution in [-0.4, -0.2) is 7.11 Å². The minimum Gasteiger partial charge on any atom is -0.504 e. The van der Waals surface area contributed by atoms with Gasteiger partial charge in [0.25, 0.3) is 0 Å². The second-order valence-electron chi connectivity index (χ2n) is 3.36. The summed E-state index contributed by atoms with van der Waals surface area (Å²) in [5, 5.41) is 0. The molecule has 0 radical (unpaired) electrons. The van der Waals surface area contributed by atoms with Gasteiger partial charge in [0, 0.05) is 0 Å². The van der Waals surface area contributed by atoms with Crippen molar-refractivity contribution in [2.75, 3.05) is 7.11 Å². The molecule has 1 heteroatoms. The molecule has 1 rings (SSSR count). The number of aryl methyl sites for hydroxylation is 1. The Morgan fingerprint density at radius 1 is 1.31 bits per heavy atom. The third-order valence-electron chi connectivity index (χ3n) is 1.92. The highest BCUT2D eigenvalue weighted by Crippen LogP contribution is 2.08. The highest BCUT2D eigenvalue weighted by atomic mass is 16.5.